The highest BCUT2D eigenvalue weighted by molar-refractivity contribution is 7.07. The minimum atomic E-state index is -0.444. The van der Waals surface area contributed by atoms with Gasteiger partial charge in [0.2, 0.25) is 4.80 Å². The molecule has 2 heterocycles. The number of rotatable bonds is 5. The maximum atomic E-state index is 13.3. The lowest BCUT2D eigenvalue weighted by Crippen LogP contribution is -2.15. The van der Waals surface area contributed by atoms with Gasteiger partial charge in [-0.3, -0.25) is 10.1 Å². The minimum absolute atomic E-state index is 0.00142. The Labute approximate surface area is 197 Å². The van der Waals surface area contributed by atoms with Gasteiger partial charge in [-0.2, -0.15) is 5.10 Å². The summed E-state index contributed by atoms with van der Waals surface area (Å²) >= 11 is 1.35. The van der Waals surface area contributed by atoms with E-state index >= 15 is 0 Å². The number of aromatic nitrogens is 1. The molecule has 0 spiro atoms. The van der Waals surface area contributed by atoms with Crippen LogP contribution in [0.5, 0.6) is 11.5 Å². The van der Waals surface area contributed by atoms with Crippen LogP contribution < -0.4 is 14.3 Å². The summed E-state index contributed by atoms with van der Waals surface area (Å²) < 4.78 is 26.2. The maximum Gasteiger partial charge on any atom is 0.269 e. The maximum absolute atomic E-state index is 13.3. The summed E-state index contributed by atoms with van der Waals surface area (Å²) in [4.78, 5) is 15.7. The van der Waals surface area contributed by atoms with Crippen molar-refractivity contribution in [2.45, 2.75) is 0 Å². The lowest BCUT2D eigenvalue weighted by Gasteiger charge is -2.18. The second kappa shape index (κ2) is 9.28. The topological polar surface area (TPSA) is 91.2 Å². The molecule has 0 bridgehead atoms. The molecule has 0 saturated heterocycles. The van der Waals surface area contributed by atoms with E-state index in [1.807, 2.05) is 23.6 Å². The first-order valence-electron chi connectivity index (χ1n) is 10.3. The number of hydrogen-bond acceptors (Lipinski definition) is 7. The third-order valence-electron chi connectivity index (χ3n) is 5.00. The summed E-state index contributed by atoms with van der Waals surface area (Å²) in [5, 5.41) is 17.5. The smallest absolute Gasteiger partial charge is 0.269 e. The molecule has 0 fully saturated rings. The monoisotopic (exact) mass is 476 g/mol. The Bertz CT molecular complexity index is 1440. The SMILES string of the molecule is O=[N+]([O-])c1ccc(-c2csc(=Nc3ccc(F)cc3)n2N=Cc2ccc3c(c2)OCCO3)cc1. The molecule has 0 aliphatic carbocycles. The molecule has 0 amide bonds. The first-order chi connectivity index (χ1) is 16.6. The number of ether oxygens (including phenoxy) is 2. The van der Waals surface area contributed by atoms with Crippen molar-refractivity contribution in [3.05, 3.63) is 98.4 Å². The zero-order valence-electron chi connectivity index (χ0n) is 17.6. The zero-order chi connectivity index (χ0) is 23.5. The van der Waals surface area contributed by atoms with Gasteiger partial charge >= 0.3 is 0 Å². The van der Waals surface area contributed by atoms with Crippen molar-refractivity contribution in [3.8, 4) is 22.8 Å². The highest BCUT2D eigenvalue weighted by Crippen LogP contribution is 2.30. The zero-order valence-corrected chi connectivity index (χ0v) is 18.4. The van der Waals surface area contributed by atoms with Gasteiger partial charge in [-0.05, 0) is 60.2 Å². The van der Waals surface area contributed by atoms with E-state index < -0.39 is 4.92 Å². The fourth-order valence-electron chi connectivity index (χ4n) is 3.33. The van der Waals surface area contributed by atoms with Gasteiger partial charge in [-0.15, -0.1) is 11.3 Å². The van der Waals surface area contributed by atoms with Crippen LogP contribution in [-0.4, -0.2) is 29.0 Å². The van der Waals surface area contributed by atoms with Crippen molar-refractivity contribution in [1.82, 2.24) is 4.68 Å². The number of nitro groups is 1. The van der Waals surface area contributed by atoms with E-state index in [1.165, 1.54) is 35.6 Å². The number of hydrogen-bond donors (Lipinski definition) is 0. The van der Waals surface area contributed by atoms with Crippen LogP contribution in [0.15, 0.2) is 82.2 Å². The molecule has 170 valence electrons. The number of thiazole rings is 1. The lowest BCUT2D eigenvalue weighted by atomic mass is 10.1. The van der Waals surface area contributed by atoms with Gasteiger partial charge in [0.1, 0.15) is 19.0 Å². The van der Waals surface area contributed by atoms with Crippen molar-refractivity contribution in [2.24, 2.45) is 10.1 Å². The minimum Gasteiger partial charge on any atom is -0.486 e. The average Bonchev–Trinajstić information content (AvgIpc) is 3.26. The van der Waals surface area contributed by atoms with Crippen molar-refractivity contribution < 1.29 is 18.8 Å². The fourth-order valence-corrected chi connectivity index (χ4v) is 4.19. The van der Waals surface area contributed by atoms with Crippen LogP contribution in [0.4, 0.5) is 15.8 Å². The predicted octanol–water partition coefficient (Wildman–Crippen LogP) is 5.15. The van der Waals surface area contributed by atoms with E-state index in [2.05, 4.69) is 10.1 Å². The van der Waals surface area contributed by atoms with Crippen molar-refractivity contribution in [2.75, 3.05) is 13.2 Å². The second-order valence-corrected chi connectivity index (χ2v) is 8.09. The first kappa shape index (κ1) is 21.5. The Hall–Kier alpha value is -4.31. The molecular formula is C24H17FN4O4S. The van der Waals surface area contributed by atoms with E-state index in [4.69, 9.17) is 9.47 Å². The molecule has 10 heteroatoms. The van der Waals surface area contributed by atoms with Gasteiger partial charge < -0.3 is 9.47 Å². The molecule has 34 heavy (non-hydrogen) atoms. The van der Waals surface area contributed by atoms with E-state index in [0.717, 1.165) is 11.1 Å². The number of fused-ring (bicyclic) bond motifs is 1. The number of nitro benzene ring substituents is 1. The molecule has 0 atom stereocenters. The van der Waals surface area contributed by atoms with Gasteiger partial charge in [0.25, 0.3) is 5.69 Å². The Balaban J connectivity index is 1.57. The molecule has 0 saturated carbocycles. The van der Waals surface area contributed by atoms with E-state index in [-0.39, 0.29) is 11.5 Å². The van der Waals surface area contributed by atoms with Crippen LogP contribution in [0, 0.1) is 15.9 Å². The Morgan fingerprint density at radius 2 is 1.74 bits per heavy atom. The van der Waals surface area contributed by atoms with Crippen molar-refractivity contribution in [1.29, 1.82) is 0 Å². The van der Waals surface area contributed by atoms with Crippen LogP contribution in [-0.2, 0) is 0 Å². The molecule has 0 radical (unpaired) electrons. The van der Waals surface area contributed by atoms with E-state index in [1.54, 1.807) is 35.2 Å². The lowest BCUT2D eigenvalue weighted by molar-refractivity contribution is -0.384. The van der Waals surface area contributed by atoms with Crippen LogP contribution in [0.3, 0.4) is 0 Å². The average molecular weight is 476 g/mol. The van der Waals surface area contributed by atoms with Crippen LogP contribution >= 0.6 is 11.3 Å². The number of benzene rings is 3. The fraction of sp³-hybridized carbons (Fsp3) is 0.0833. The molecule has 0 N–H and O–H groups in total. The molecule has 1 aliphatic heterocycles. The largest absolute Gasteiger partial charge is 0.486 e. The third-order valence-corrected chi connectivity index (χ3v) is 5.82. The summed E-state index contributed by atoms with van der Waals surface area (Å²) in [5.74, 6) is 0.990. The van der Waals surface area contributed by atoms with Crippen LogP contribution in [0.25, 0.3) is 11.3 Å². The number of non-ortho nitro benzene ring substituents is 1. The highest BCUT2D eigenvalue weighted by Gasteiger charge is 2.13. The molecule has 5 rings (SSSR count). The third kappa shape index (κ3) is 4.57. The number of halogens is 1. The normalized spacial score (nSPS) is 13.4. The summed E-state index contributed by atoms with van der Waals surface area (Å²) in [6.07, 6.45) is 1.67. The molecule has 1 aliphatic rings. The second-order valence-electron chi connectivity index (χ2n) is 7.26. The molecular weight excluding hydrogens is 459 g/mol. The molecule has 1 aromatic heterocycles. The van der Waals surface area contributed by atoms with Gasteiger partial charge in [-0.25, -0.2) is 14.1 Å². The van der Waals surface area contributed by atoms with Gasteiger partial charge in [-0.1, -0.05) is 0 Å². The van der Waals surface area contributed by atoms with Gasteiger partial charge in [0.15, 0.2) is 11.5 Å². The molecule has 8 nitrogen and oxygen atoms in total. The quantitative estimate of drug-likeness (QED) is 0.226. The van der Waals surface area contributed by atoms with E-state index in [9.17, 15) is 14.5 Å². The summed E-state index contributed by atoms with van der Waals surface area (Å²) in [7, 11) is 0. The Kier molecular flexibility index (Phi) is 5.88. The summed E-state index contributed by atoms with van der Waals surface area (Å²) in [6.45, 7) is 0.996. The molecule has 4 aromatic rings. The van der Waals surface area contributed by atoms with Crippen LogP contribution in [0.2, 0.25) is 0 Å². The van der Waals surface area contributed by atoms with Gasteiger partial charge in [0, 0.05) is 23.1 Å². The van der Waals surface area contributed by atoms with Gasteiger partial charge in [0.05, 0.1) is 22.5 Å². The molecule has 3 aromatic carbocycles. The number of nitrogens with zero attached hydrogens (tertiary/aromatic N) is 4. The predicted molar refractivity (Wildman–Crippen MR) is 126 cm³/mol. The highest BCUT2D eigenvalue weighted by atomic mass is 32.1. The molecule has 0 unspecified atom stereocenters. The summed E-state index contributed by atoms with van der Waals surface area (Å²) in [6, 6.07) is 17.6. The Morgan fingerprint density at radius 1 is 1.00 bits per heavy atom. The van der Waals surface area contributed by atoms with Crippen LogP contribution in [0.1, 0.15) is 5.56 Å². The standard InChI is InChI=1S/C24H17FN4O4S/c25-18-4-6-19(7-5-18)27-24-28(21(15-34-24)17-2-8-20(9-3-17)29(30)31)26-14-16-1-10-22-23(13-16)33-12-11-32-22/h1-10,13-15H,11-12H2. The first-order valence-corrected chi connectivity index (χ1v) is 11.1. The summed E-state index contributed by atoms with van der Waals surface area (Å²) in [5.41, 5.74) is 2.81. The van der Waals surface area contributed by atoms with E-state index in [0.29, 0.717) is 40.9 Å². The van der Waals surface area contributed by atoms with Crippen molar-refractivity contribution in [3.63, 3.8) is 0 Å². The Morgan fingerprint density at radius 3 is 2.47 bits per heavy atom. The van der Waals surface area contributed by atoms with Crippen molar-refractivity contribution >= 4 is 28.9 Å².